The lowest BCUT2D eigenvalue weighted by Gasteiger charge is -2.11. The number of hydrogen-bond donors (Lipinski definition) is 2. The van der Waals surface area contributed by atoms with Gasteiger partial charge in [0.05, 0.1) is 6.21 Å². The first-order valence-electron chi connectivity index (χ1n) is 7.13. The predicted octanol–water partition coefficient (Wildman–Crippen LogP) is 2.60. The van der Waals surface area contributed by atoms with Gasteiger partial charge in [0.1, 0.15) is 0 Å². The molecule has 0 aliphatic heterocycles. The zero-order valence-electron chi connectivity index (χ0n) is 13.3. The number of halogens is 1. The summed E-state index contributed by atoms with van der Waals surface area (Å²) in [4.78, 5) is 25.4. The van der Waals surface area contributed by atoms with E-state index in [4.69, 9.17) is 0 Å². The Bertz CT molecular complexity index is 740. The van der Waals surface area contributed by atoms with Gasteiger partial charge < -0.3 is 10.2 Å². The van der Waals surface area contributed by atoms with Crippen LogP contribution in [0.15, 0.2) is 58.1 Å². The molecule has 0 unspecified atom stereocenters. The van der Waals surface area contributed by atoms with Crippen LogP contribution in [-0.4, -0.2) is 32.1 Å². The summed E-state index contributed by atoms with van der Waals surface area (Å²) in [7, 11) is 3.90. The topological polar surface area (TPSA) is 73.8 Å². The van der Waals surface area contributed by atoms with Crippen LogP contribution in [0.5, 0.6) is 0 Å². The normalized spacial score (nSPS) is 10.5. The molecule has 0 saturated carbocycles. The van der Waals surface area contributed by atoms with E-state index >= 15 is 0 Å². The molecule has 2 amide bonds. The molecule has 0 bridgehead atoms. The minimum atomic E-state index is -0.834. The van der Waals surface area contributed by atoms with Gasteiger partial charge in [0.25, 0.3) is 0 Å². The minimum absolute atomic E-state index is 0.529. The molecule has 124 valence electrons. The maximum Gasteiger partial charge on any atom is 0.329 e. The highest BCUT2D eigenvalue weighted by atomic mass is 79.9. The molecule has 6 nitrogen and oxygen atoms in total. The summed E-state index contributed by atoms with van der Waals surface area (Å²) in [5.74, 6) is -1.61. The third-order valence-corrected chi connectivity index (χ3v) is 3.63. The van der Waals surface area contributed by atoms with Gasteiger partial charge >= 0.3 is 11.8 Å². The molecule has 2 aromatic rings. The van der Waals surface area contributed by atoms with Crippen molar-refractivity contribution in [3.05, 3.63) is 58.6 Å². The number of nitrogens with one attached hydrogen (secondary N) is 2. The molecule has 0 fully saturated rings. The van der Waals surface area contributed by atoms with Crippen LogP contribution >= 0.6 is 15.9 Å². The van der Waals surface area contributed by atoms with Crippen molar-refractivity contribution in [2.24, 2.45) is 5.10 Å². The summed E-state index contributed by atoms with van der Waals surface area (Å²) in [5.41, 5.74) is 4.60. The molecule has 0 spiro atoms. The lowest BCUT2D eigenvalue weighted by atomic mass is 10.2. The maximum atomic E-state index is 11.7. The Hall–Kier alpha value is -2.67. The average Bonchev–Trinajstić information content (AvgIpc) is 2.57. The molecule has 0 aliphatic carbocycles. The lowest BCUT2D eigenvalue weighted by Crippen LogP contribution is -2.32. The van der Waals surface area contributed by atoms with Crippen molar-refractivity contribution in [3.63, 3.8) is 0 Å². The van der Waals surface area contributed by atoms with Crippen LogP contribution < -0.4 is 15.6 Å². The molecule has 0 aromatic heterocycles. The van der Waals surface area contributed by atoms with E-state index in [0.717, 1.165) is 15.7 Å². The Balaban J connectivity index is 1.87. The summed E-state index contributed by atoms with van der Waals surface area (Å²) in [6, 6.07) is 14.5. The van der Waals surface area contributed by atoms with Crippen molar-refractivity contribution in [2.75, 3.05) is 24.3 Å². The second kappa shape index (κ2) is 8.26. The summed E-state index contributed by atoms with van der Waals surface area (Å²) >= 11 is 3.30. The summed E-state index contributed by atoms with van der Waals surface area (Å²) < 4.78 is 0.884. The van der Waals surface area contributed by atoms with E-state index < -0.39 is 11.8 Å². The smallest absolute Gasteiger partial charge is 0.329 e. The standard InChI is InChI=1S/C17H17BrN4O2/c1-22(2)15-9-3-12(4-10-15)11-19-21-17(24)16(23)20-14-7-5-13(18)6-8-14/h3-11H,1-2H3,(H,20,23)(H,21,24)/b19-11-. The minimum Gasteiger partial charge on any atom is -0.378 e. The highest BCUT2D eigenvalue weighted by molar-refractivity contribution is 9.10. The second-order valence-electron chi connectivity index (χ2n) is 5.15. The van der Waals surface area contributed by atoms with E-state index in [1.165, 1.54) is 6.21 Å². The Morgan fingerprint density at radius 3 is 2.21 bits per heavy atom. The summed E-state index contributed by atoms with van der Waals surface area (Å²) in [6.45, 7) is 0. The molecular weight excluding hydrogens is 372 g/mol. The van der Waals surface area contributed by atoms with E-state index in [1.807, 2.05) is 43.3 Å². The van der Waals surface area contributed by atoms with E-state index in [1.54, 1.807) is 24.3 Å². The first-order valence-corrected chi connectivity index (χ1v) is 7.92. The number of rotatable bonds is 4. The fourth-order valence-electron chi connectivity index (χ4n) is 1.80. The van der Waals surface area contributed by atoms with Crippen molar-refractivity contribution >= 4 is 45.3 Å². The highest BCUT2D eigenvalue weighted by Gasteiger charge is 2.12. The van der Waals surface area contributed by atoms with Gasteiger partial charge in [-0.2, -0.15) is 5.10 Å². The van der Waals surface area contributed by atoms with Gasteiger partial charge in [-0.3, -0.25) is 9.59 Å². The third-order valence-electron chi connectivity index (χ3n) is 3.10. The van der Waals surface area contributed by atoms with Gasteiger partial charge in [0.15, 0.2) is 0 Å². The van der Waals surface area contributed by atoms with Crippen LogP contribution in [0.2, 0.25) is 0 Å². The van der Waals surface area contributed by atoms with Gasteiger partial charge in [-0.25, -0.2) is 5.43 Å². The lowest BCUT2D eigenvalue weighted by molar-refractivity contribution is -0.136. The van der Waals surface area contributed by atoms with Crippen molar-refractivity contribution < 1.29 is 9.59 Å². The summed E-state index contributed by atoms with van der Waals surface area (Å²) in [6.07, 6.45) is 1.48. The maximum absolute atomic E-state index is 11.7. The first kappa shape index (κ1) is 17.7. The molecule has 2 N–H and O–H groups in total. The number of anilines is 2. The van der Waals surface area contributed by atoms with Crippen molar-refractivity contribution in [1.82, 2.24) is 5.43 Å². The zero-order chi connectivity index (χ0) is 17.5. The molecule has 0 heterocycles. The number of nitrogens with zero attached hydrogens (tertiary/aromatic N) is 2. The van der Waals surface area contributed by atoms with Crippen LogP contribution in [0, 0.1) is 0 Å². The summed E-state index contributed by atoms with van der Waals surface area (Å²) in [5, 5.41) is 6.27. The van der Waals surface area contributed by atoms with Gasteiger partial charge in [-0.05, 0) is 42.0 Å². The molecular formula is C17H17BrN4O2. The number of amides is 2. The number of carbonyl (C=O) groups is 2. The molecule has 0 aliphatic rings. The molecule has 2 aromatic carbocycles. The Kier molecular flexibility index (Phi) is 6.08. The van der Waals surface area contributed by atoms with Crippen LogP contribution in [0.25, 0.3) is 0 Å². The fraction of sp³-hybridized carbons (Fsp3) is 0.118. The molecule has 2 rings (SSSR count). The van der Waals surface area contributed by atoms with Gasteiger partial charge in [-0.1, -0.05) is 28.1 Å². The average molecular weight is 389 g/mol. The fourth-order valence-corrected chi connectivity index (χ4v) is 2.06. The highest BCUT2D eigenvalue weighted by Crippen LogP contribution is 2.14. The monoisotopic (exact) mass is 388 g/mol. The zero-order valence-corrected chi connectivity index (χ0v) is 14.9. The van der Waals surface area contributed by atoms with E-state index in [9.17, 15) is 9.59 Å². The van der Waals surface area contributed by atoms with E-state index in [0.29, 0.717) is 5.69 Å². The van der Waals surface area contributed by atoms with Crippen molar-refractivity contribution in [1.29, 1.82) is 0 Å². The number of hydrogen-bond acceptors (Lipinski definition) is 4. The van der Waals surface area contributed by atoms with Gasteiger partial charge in [0.2, 0.25) is 0 Å². The molecule has 0 saturated heterocycles. The number of carbonyl (C=O) groups excluding carboxylic acids is 2. The SMILES string of the molecule is CN(C)c1ccc(/C=N\NC(=O)C(=O)Nc2ccc(Br)cc2)cc1. The largest absolute Gasteiger partial charge is 0.378 e. The quantitative estimate of drug-likeness (QED) is 0.480. The van der Waals surface area contributed by atoms with E-state index in [2.05, 4.69) is 31.8 Å². The van der Waals surface area contributed by atoms with Crippen LogP contribution in [0.3, 0.4) is 0 Å². The van der Waals surface area contributed by atoms with E-state index in [-0.39, 0.29) is 0 Å². The van der Waals surface area contributed by atoms with Gasteiger partial charge in [0, 0.05) is 29.9 Å². The predicted molar refractivity (Wildman–Crippen MR) is 99.3 cm³/mol. The molecule has 0 radical (unpaired) electrons. The third kappa shape index (κ3) is 5.20. The van der Waals surface area contributed by atoms with Crippen molar-refractivity contribution in [3.8, 4) is 0 Å². The second-order valence-corrected chi connectivity index (χ2v) is 6.06. The number of benzene rings is 2. The molecule has 0 atom stereocenters. The van der Waals surface area contributed by atoms with Gasteiger partial charge in [-0.15, -0.1) is 0 Å². The Morgan fingerprint density at radius 1 is 1.00 bits per heavy atom. The molecule has 24 heavy (non-hydrogen) atoms. The van der Waals surface area contributed by atoms with Crippen LogP contribution in [0.4, 0.5) is 11.4 Å². The first-order chi connectivity index (χ1) is 11.5. The molecule has 7 heteroatoms. The van der Waals surface area contributed by atoms with Crippen molar-refractivity contribution in [2.45, 2.75) is 0 Å². The number of hydrazone groups is 1. The Morgan fingerprint density at radius 2 is 1.62 bits per heavy atom. The van der Waals surface area contributed by atoms with Crippen LogP contribution in [-0.2, 0) is 9.59 Å². The van der Waals surface area contributed by atoms with Crippen LogP contribution in [0.1, 0.15) is 5.56 Å². The Labute approximate surface area is 148 Å².